The van der Waals surface area contributed by atoms with Crippen molar-refractivity contribution < 1.29 is 14.2 Å². The highest BCUT2D eigenvalue weighted by molar-refractivity contribution is 5.50. The molecule has 1 aromatic rings. The molecule has 5 heteroatoms. The summed E-state index contributed by atoms with van der Waals surface area (Å²) in [6, 6.07) is 3.57. The number of methoxy groups -OCH3 is 3. The van der Waals surface area contributed by atoms with E-state index in [-0.39, 0.29) is 0 Å². The third-order valence-corrected chi connectivity index (χ3v) is 2.10. The Balaban J connectivity index is 3.19. The van der Waals surface area contributed by atoms with E-state index in [2.05, 4.69) is 5.43 Å². The van der Waals surface area contributed by atoms with Gasteiger partial charge in [0.05, 0.1) is 26.9 Å². The van der Waals surface area contributed by atoms with Crippen LogP contribution >= 0.6 is 0 Å². The van der Waals surface area contributed by atoms with Gasteiger partial charge in [-0.3, -0.25) is 11.3 Å². The van der Waals surface area contributed by atoms with Crippen LogP contribution < -0.4 is 25.5 Å². The van der Waals surface area contributed by atoms with Gasteiger partial charge in [-0.25, -0.2) is 0 Å². The van der Waals surface area contributed by atoms with E-state index < -0.39 is 0 Å². The first kappa shape index (κ1) is 11.6. The molecule has 0 atom stereocenters. The lowest BCUT2D eigenvalue weighted by Crippen LogP contribution is -2.21. The second kappa shape index (κ2) is 5.43. The molecule has 0 saturated heterocycles. The van der Waals surface area contributed by atoms with Crippen LogP contribution in [-0.2, 0) is 6.54 Å². The van der Waals surface area contributed by atoms with E-state index in [9.17, 15) is 0 Å². The summed E-state index contributed by atoms with van der Waals surface area (Å²) in [5, 5.41) is 0. The highest BCUT2D eigenvalue weighted by Gasteiger charge is 2.11. The molecule has 0 heterocycles. The van der Waals surface area contributed by atoms with Gasteiger partial charge in [0.25, 0.3) is 0 Å². The minimum Gasteiger partial charge on any atom is -0.496 e. The van der Waals surface area contributed by atoms with Crippen molar-refractivity contribution in [3.05, 3.63) is 17.7 Å². The molecule has 1 aromatic carbocycles. The Morgan fingerprint density at radius 3 is 1.93 bits per heavy atom. The predicted molar refractivity (Wildman–Crippen MR) is 57.1 cm³/mol. The van der Waals surface area contributed by atoms with E-state index in [4.69, 9.17) is 20.1 Å². The summed E-state index contributed by atoms with van der Waals surface area (Å²) in [4.78, 5) is 0. The SMILES string of the molecule is COc1cc(OC)c(CNN)c(OC)c1. The Labute approximate surface area is 89.1 Å². The fraction of sp³-hybridized carbons (Fsp3) is 0.400. The van der Waals surface area contributed by atoms with Crippen LogP contribution in [0.25, 0.3) is 0 Å². The average Bonchev–Trinajstić information content (AvgIpc) is 2.29. The number of benzene rings is 1. The fourth-order valence-corrected chi connectivity index (χ4v) is 1.35. The van der Waals surface area contributed by atoms with Crippen molar-refractivity contribution in [1.82, 2.24) is 5.43 Å². The molecule has 84 valence electrons. The molecule has 0 unspecified atom stereocenters. The summed E-state index contributed by atoms with van der Waals surface area (Å²) in [6.45, 7) is 0.469. The van der Waals surface area contributed by atoms with Crippen LogP contribution in [0.15, 0.2) is 12.1 Å². The van der Waals surface area contributed by atoms with Gasteiger partial charge in [-0.2, -0.15) is 0 Å². The van der Waals surface area contributed by atoms with Crippen molar-refractivity contribution in [2.75, 3.05) is 21.3 Å². The van der Waals surface area contributed by atoms with Gasteiger partial charge in [0, 0.05) is 18.7 Å². The van der Waals surface area contributed by atoms with Crippen LogP contribution in [0.1, 0.15) is 5.56 Å². The van der Waals surface area contributed by atoms with Gasteiger partial charge in [-0.05, 0) is 0 Å². The second-order valence-electron chi connectivity index (χ2n) is 2.89. The van der Waals surface area contributed by atoms with Crippen molar-refractivity contribution in [2.45, 2.75) is 6.54 Å². The zero-order chi connectivity index (χ0) is 11.3. The predicted octanol–water partition coefficient (Wildman–Crippen LogP) is 0.676. The summed E-state index contributed by atoms with van der Waals surface area (Å²) in [5.74, 6) is 7.34. The summed E-state index contributed by atoms with van der Waals surface area (Å²) < 4.78 is 15.6. The van der Waals surface area contributed by atoms with Gasteiger partial charge in [-0.15, -0.1) is 0 Å². The maximum atomic E-state index is 5.29. The Bertz CT molecular complexity index is 303. The molecule has 15 heavy (non-hydrogen) atoms. The van der Waals surface area contributed by atoms with Crippen molar-refractivity contribution in [2.24, 2.45) is 5.84 Å². The standard InChI is InChI=1S/C10H16N2O3/c1-13-7-4-9(14-2)8(6-12-11)10(5-7)15-3/h4-5,12H,6,11H2,1-3H3. The molecule has 0 radical (unpaired) electrons. The normalized spacial score (nSPS) is 9.87. The Hall–Kier alpha value is -1.46. The Kier molecular flexibility index (Phi) is 4.20. The summed E-state index contributed by atoms with van der Waals surface area (Å²) in [6.07, 6.45) is 0. The lowest BCUT2D eigenvalue weighted by atomic mass is 10.1. The minimum atomic E-state index is 0.469. The molecule has 0 aliphatic carbocycles. The van der Waals surface area contributed by atoms with E-state index in [1.54, 1.807) is 33.5 Å². The third kappa shape index (κ3) is 2.51. The highest BCUT2D eigenvalue weighted by atomic mass is 16.5. The summed E-state index contributed by atoms with van der Waals surface area (Å²) >= 11 is 0. The van der Waals surface area contributed by atoms with Crippen molar-refractivity contribution in [3.8, 4) is 17.2 Å². The van der Waals surface area contributed by atoms with Crippen molar-refractivity contribution in [3.63, 3.8) is 0 Å². The molecule has 1 rings (SSSR count). The zero-order valence-electron chi connectivity index (χ0n) is 9.16. The lowest BCUT2D eigenvalue weighted by molar-refractivity contribution is 0.367. The molecule has 0 fully saturated rings. The van der Waals surface area contributed by atoms with Gasteiger partial charge >= 0.3 is 0 Å². The van der Waals surface area contributed by atoms with Crippen LogP contribution in [-0.4, -0.2) is 21.3 Å². The lowest BCUT2D eigenvalue weighted by Gasteiger charge is -2.14. The molecule has 0 aliphatic rings. The molecule has 3 N–H and O–H groups in total. The first-order valence-corrected chi connectivity index (χ1v) is 4.49. The molecular formula is C10H16N2O3. The quantitative estimate of drug-likeness (QED) is 0.555. The van der Waals surface area contributed by atoms with Gasteiger partial charge in [-0.1, -0.05) is 0 Å². The molecular weight excluding hydrogens is 196 g/mol. The van der Waals surface area contributed by atoms with Crippen LogP contribution in [0.3, 0.4) is 0 Å². The number of hydrazine groups is 1. The van der Waals surface area contributed by atoms with E-state index in [1.807, 2.05) is 0 Å². The number of ether oxygens (including phenoxy) is 3. The first-order chi connectivity index (χ1) is 7.26. The van der Waals surface area contributed by atoms with Crippen LogP contribution in [0, 0.1) is 0 Å². The van der Waals surface area contributed by atoms with Crippen molar-refractivity contribution in [1.29, 1.82) is 0 Å². The molecule has 0 bridgehead atoms. The maximum absolute atomic E-state index is 5.29. The van der Waals surface area contributed by atoms with E-state index in [0.29, 0.717) is 23.8 Å². The van der Waals surface area contributed by atoms with E-state index in [0.717, 1.165) is 5.56 Å². The average molecular weight is 212 g/mol. The van der Waals surface area contributed by atoms with Crippen LogP contribution in [0.5, 0.6) is 17.2 Å². The Morgan fingerprint density at radius 2 is 1.60 bits per heavy atom. The summed E-state index contributed by atoms with van der Waals surface area (Å²) in [5.41, 5.74) is 3.43. The first-order valence-electron chi connectivity index (χ1n) is 4.49. The molecule has 0 aliphatic heterocycles. The molecule has 0 amide bonds. The molecule has 0 saturated carbocycles. The smallest absolute Gasteiger partial charge is 0.130 e. The number of nitrogens with one attached hydrogen (secondary N) is 1. The number of rotatable bonds is 5. The van der Waals surface area contributed by atoms with E-state index in [1.165, 1.54) is 0 Å². The number of nitrogens with two attached hydrogens (primary N) is 1. The summed E-state index contributed by atoms with van der Waals surface area (Å²) in [7, 11) is 4.78. The van der Waals surface area contributed by atoms with Crippen molar-refractivity contribution >= 4 is 0 Å². The molecule has 5 nitrogen and oxygen atoms in total. The van der Waals surface area contributed by atoms with Gasteiger partial charge in [0.1, 0.15) is 17.2 Å². The van der Waals surface area contributed by atoms with Gasteiger partial charge in [0.15, 0.2) is 0 Å². The van der Waals surface area contributed by atoms with Gasteiger partial charge in [0.2, 0.25) is 0 Å². The molecule has 0 spiro atoms. The molecule has 0 aromatic heterocycles. The number of hydrogen-bond donors (Lipinski definition) is 2. The zero-order valence-corrected chi connectivity index (χ0v) is 9.16. The Morgan fingerprint density at radius 1 is 1.07 bits per heavy atom. The third-order valence-electron chi connectivity index (χ3n) is 2.10. The monoisotopic (exact) mass is 212 g/mol. The fourth-order valence-electron chi connectivity index (χ4n) is 1.35. The second-order valence-corrected chi connectivity index (χ2v) is 2.89. The number of hydrogen-bond acceptors (Lipinski definition) is 5. The largest absolute Gasteiger partial charge is 0.496 e. The van der Waals surface area contributed by atoms with E-state index >= 15 is 0 Å². The topological polar surface area (TPSA) is 65.7 Å². The van der Waals surface area contributed by atoms with Gasteiger partial charge < -0.3 is 14.2 Å². The van der Waals surface area contributed by atoms with Crippen LogP contribution in [0.4, 0.5) is 0 Å². The van der Waals surface area contributed by atoms with Crippen LogP contribution in [0.2, 0.25) is 0 Å². The highest BCUT2D eigenvalue weighted by Crippen LogP contribution is 2.33. The minimum absolute atomic E-state index is 0.469. The maximum Gasteiger partial charge on any atom is 0.130 e.